The number of carbonyl (C=O) groups is 2. The van der Waals surface area contributed by atoms with E-state index < -0.39 is 11.6 Å². The number of carbonyl (C=O) groups excluding carboxylic acids is 1. The van der Waals surface area contributed by atoms with Crippen LogP contribution in [0.25, 0.3) is 0 Å². The number of carboxylic acids is 1. The summed E-state index contributed by atoms with van der Waals surface area (Å²) in [5.74, 6) is 1.41. The van der Waals surface area contributed by atoms with E-state index >= 15 is 0 Å². The lowest BCUT2D eigenvalue weighted by Crippen LogP contribution is -2.51. The molecule has 31 heavy (non-hydrogen) atoms. The second-order valence-electron chi connectivity index (χ2n) is 11.0. The number of aliphatic hydroxyl groups is 1. The molecule has 2 saturated heterocycles. The van der Waals surface area contributed by atoms with E-state index in [1.807, 2.05) is 0 Å². The van der Waals surface area contributed by atoms with Crippen LogP contribution in [0, 0.1) is 29.6 Å². The Hall–Kier alpha value is -1.18. The summed E-state index contributed by atoms with van der Waals surface area (Å²) >= 11 is 0. The Kier molecular flexibility index (Phi) is 6.94. The summed E-state index contributed by atoms with van der Waals surface area (Å²) in [6.45, 7) is 3.94. The maximum Gasteiger partial charge on any atom is 0.335 e. The number of aliphatic carboxylic acids is 1. The molecule has 176 valence electrons. The third-order valence-electron chi connectivity index (χ3n) is 9.15. The van der Waals surface area contributed by atoms with Crippen molar-refractivity contribution in [1.82, 2.24) is 10.2 Å². The number of likely N-dealkylation sites (tertiary alicyclic amines) is 1. The normalized spacial score (nSPS) is 39.0. The molecule has 5 N–H and O–H groups in total. The van der Waals surface area contributed by atoms with E-state index in [1.165, 1.54) is 32.6 Å². The molecule has 2 heterocycles. The molecule has 7 heteroatoms. The van der Waals surface area contributed by atoms with Crippen LogP contribution in [-0.2, 0) is 9.59 Å². The first kappa shape index (κ1) is 23.0. The molecule has 7 unspecified atom stereocenters. The van der Waals surface area contributed by atoms with E-state index in [1.54, 1.807) is 0 Å². The fourth-order valence-corrected chi connectivity index (χ4v) is 6.99. The van der Waals surface area contributed by atoms with Crippen LogP contribution in [-0.4, -0.2) is 64.3 Å². The number of piperidine rings is 1. The molecule has 4 aliphatic rings. The fraction of sp³-hybridized carbons (Fsp3) is 0.917. The number of amides is 1. The average Bonchev–Trinajstić information content (AvgIpc) is 3.22. The molecule has 1 amide bonds. The first-order valence-electron chi connectivity index (χ1n) is 12.5. The van der Waals surface area contributed by atoms with Crippen LogP contribution in [0.15, 0.2) is 0 Å². The number of nitrogens with two attached hydrogens (primary N) is 1. The predicted molar refractivity (Wildman–Crippen MR) is 118 cm³/mol. The van der Waals surface area contributed by atoms with Crippen molar-refractivity contribution in [2.45, 2.75) is 88.8 Å². The fourth-order valence-electron chi connectivity index (χ4n) is 6.99. The van der Waals surface area contributed by atoms with Gasteiger partial charge in [0, 0.05) is 19.1 Å². The van der Waals surface area contributed by atoms with E-state index in [-0.39, 0.29) is 23.9 Å². The minimum atomic E-state index is -1.70. The van der Waals surface area contributed by atoms with Gasteiger partial charge in [-0.25, -0.2) is 4.79 Å². The number of nitrogens with one attached hydrogen (secondary N) is 1. The Morgan fingerprint density at radius 1 is 1.00 bits per heavy atom. The van der Waals surface area contributed by atoms with Crippen LogP contribution < -0.4 is 11.1 Å². The number of carboxylic acid groups (broad SMARTS) is 1. The number of fused-ring (bicyclic) bond motifs is 1. The highest BCUT2D eigenvalue weighted by Gasteiger charge is 2.48. The Morgan fingerprint density at radius 3 is 2.42 bits per heavy atom. The summed E-state index contributed by atoms with van der Waals surface area (Å²) in [4.78, 5) is 26.7. The quantitative estimate of drug-likeness (QED) is 0.525. The monoisotopic (exact) mass is 435 g/mol. The van der Waals surface area contributed by atoms with Crippen LogP contribution in [0.2, 0.25) is 0 Å². The van der Waals surface area contributed by atoms with Gasteiger partial charge in [0.25, 0.3) is 0 Å². The topological polar surface area (TPSA) is 116 Å². The lowest BCUT2D eigenvalue weighted by atomic mass is 9.72. The van der Waals surface area contributed by atoms with Crippen molar-refractivity contribution >= 4 is 11.9 Å². The molecule has 2 aliphatic heterocycles. The third kappa shape index (κ3) is 4.79. The van der Waals surface area contributed by atoms with Crippen LogP contribution >= 0.6 is 0 Å². The summed E-state index contributed by atoms with van der Waals surface area (Å²) in [6.07, 6.45) is 10.4. The summed E-state index contributed by atoms with van der Waals surface area (Å²) in [6, 6.07) is -0.0251. The van der Waals surface area contributed by atoms with E-state index in [9.17, 15) is 19.8 Å². The Morgan fingerprint density at radius 2 is 1.74 bits per heavy atom. The number of hydrogen-bond donors (Lipinski definition) is 4. The minimum absolute atomic E-state index is 0.131. The maximum absolute atomic E-state index is 13.2. The zero-order valence-corrected chi connectivity index (χ0v) is 19.0. The first-order valence-corrected chi connectivity index (χ1v) is 12.5. The predicted octanol–water partition coefficient (Wildman–Crippen LogP) is 1.97. The van der Waals surface area contributed by atoms with Crippen molar-refractivity contribution in [3.05, 3.63) is 0 Å². The maximum atomic E-state index is 13.2. The summed E-state index contributed by atoms with van der Waals surface area (Å²) in [5, 5.41) is 23.2. The summed E-state index contributed by atoms with van der Waals surface area (Å²) in [7, 11) is 0. The van der Waals surface area contributed by atoms with Gasteiger partial charge in [-0.1, -0.05) is 12.8 Å². The van der Waals surface area contributed by atoms with Crippen LogP contribution in [0.4, 0.5) is 0 Å². The van der Waals surface area contributed by atoms with E-state index in [0.717, 1.165) is 57.2 Å². The molecule has 0 radical (unpaired) electrons. The highest BCUT2D eigenvalue weighted by Crippen LogP contribution is 2.42. The SMILES string of the molecule is CC(O)(C(=O)O)C1CCC2CC(C(=O)N3CCC(C4CCCC(CN)C4)CC3)NC2C1. The van der Waals surface area contributed by atoms with Crippen molar-refractivity contribution in [1.29, 1.82) is 0 Å². The standard InChI is InChI=1S/C24H41N3O4/c1-24(31,23(29)30)19-6-5-18-12-21(26-20(18)13-19)22(28)27-9-7-16(8-10-27)17-4-2-3-15(11-17)14-25/h15-21,26,31H,2-14,25H2,1H3,(H,29,30). The largest absolute Gasteiger partial charge is 0.479 e. The van der Waals surface area contributed by atoms with Gasteiger partial charge < -0.3 is 26.2 Å². The molecule has 7 atom stereocenters. The van der Waals surface area contributed by atoms with Crippen LogP contribution in [0.1, 0.15) is 71.1 Å². The van der Waals surface area contributed by atoms with Crippen molar-refractivity contribution in [3.8, 4) is 0 Å². The molecular formula is C24H41N3O4. The van der Waals surface area contributed by atoms with Gasteiger partial charge in [-0.2, -0.15) is 0 Å². The summed E-state index contributed by atoms with van der Waals surface area (Å²) < 4.78 is 0. The average molecular weight is 436 g/mol. The molecular weight excluding hydrogens is 394 g/mol. The van der Waals surface area contributed by atoms with Crippen LogP contribution in [0.5, 0.6) is 0 Å². The minimum Gasteiger partial charge on any atom is -0.479 e. The third-order valence-corrected chi connectivity index (χ3v) is 9.15. The van der Waals surface area contributed by atoms with E-state index in [4.69, 9.17) is 5.73 Å². The molecule has 0 aromatic rings. The Balaban J connectivity index is 1.27. The zero-order valence-electron chi connectivity index (χ0n) is 19.0. The van der Waals surface area contributed by atoms with Gasteiger partial charge in [-0.3, -0.25) is 4.79 Å². The lowest BCUT2D eigenvalue weighted by molar-refractivity contribution is -0.164. The number of rotatable bonds is 5. The van der Waals surface area contributed by atoms with Crippen LogP contribution in [0.3, 0.4) is 0 Å². The lowest BCUT2D eigenvalue weighted by Gasteiger charge is -2.40. The Bertz CT molecular complexity index is 661. The van der Waals surface area contributed by atoms with Crippen molar-refractivity contribution < 1.29 is 19.8 Å². The van der Waals surface area contributed by atoms with Crippen molar-refractivity contribution in [2.75, 3.05) is 19.6 Å². The van der Waals surface area contributed by atoms with Gasteiger partial charge in [-0.05, 0) is 94.4 Å². The molecule has 0 aromatic carbocycles. The van der Waals surface area contributed by atoms with Gasteiger partial charge in [0.2, 0.25) is 5.91 Å². The highest BCUT2D eigenvalue weighted by atomic mass is 16.4. The zero-order chi connectivity index (χ0) is 22.2. The van der Waals surface area contributed by atoms with Gasteiger partial charge in [-0.15, -0.1) is 0 Å². The molecule has 4 fully saturated rings. The number of nitrogens with zero attached hydrogens (tertiary/aromatic N) is 1. The number of hydrogen-bond acceptors (Lipinski definition) is 5. The van der Waals surface area contributed by atoms with Gasteiger partial charge in [0.15, 0.2) is 5.60 Å². The Labute approximate surface area is 186 Å². The van der Waals surface area contributed by atoms with Crippen molar-refractivity contribution in [3.63, 3.8) is 0 Å². The second-order valence-corrected chi connectivity index (χ2v) is 11.0. The molecule has 4 rings (SSSR count). The molecule has 0 spiro atoms. The first-order chi connectivity index (χ1) is 14.8. The van der Waals surface area contributed by atoms with Gasteiger partial charge in [0.1, 0.15) is 0 Å². The van der Waals surface area contributed by atoms with Crippen molar-refractivity contribution in [2.24, 2.45) is 35.3 Å². The highest BCUT2D eigenvalue weighted by molar-refractivity contribution is 5.82. The molecule has 7 nitrogen and oxygen atoms in total. The molecule has 2 saturated carbocycles. The second kappa shape index (κ2) is 9.36. The molecule has 0 bridgehead atoms. The molecule has 0 aromatic heterocycles. The van der Waals surface area contributed by atoms with E-state index in [2.05, 4.69) is 10.2 Å². The van der Waals surface area contributed by atoms with Gasteiger partial charge >= 0.3 is 5.97 Å². The smallest absolute Gasteiger partial charge is 0.335 e. The van der Waals surface area contributed by atoms with E-state index in [0.29, 0.717) is 24.7 Å². The molecule has 2 aliphatic carbocycles. The summed E-state index contributed by atoms with van der Waals surface area (Å²) in [5.41, 5.74) is 4.22. The van der Waals surface area contributed by atoms with Gasteiger partial charge in [0.05, 0.1) is 6.04 Å².